The van der Waals surface area contributed by atoms with Crippen LogP contribution in [0.5, 0.6) is 0 Å². The minimum Gasteiger partial charge on any atom is -0.480 e. The molecule has 0 atom stereocenters. The standard InChI is InChI=1S/C13H15NO3/c1-9-5-2-3-6-10(9)14-11(15)13(12(16)17)7-4-8-13/h2-3,5-6H,4,7-8H2,1H3,(H,14,15)(H,16,17). The Morgan fingerprint density at radius 1 is 1.29 bits per heavy atom. The Morgan fingerprint density at radius 2 is 1.94 bits per heavy atom. The molecular formula is C13H15NO3. The molecule has 2 N–H and O–H groups in total. The molecule has 0 saturated heterocycles. The van der Waals surface area contributed by atoms with Gasteiger partial charge in [0.25, 0.3) is 0 Å². The third kappa shape index (κ3) is 1.90. The van der Waals surface area contributed by atoms with Crippen LogP contribution < -0.4 is 5.32 Å². The third-order valence-corrected chi connectivity index (χ3v) is 3.44. The van der Waals surface area contributed by atoms with Gasteiger partial charge in [0, 0.05) is 5.69 Å². The van der Waals surface area contributed by atoms with Gasteiger partial charge in [0.1, 0.15) is 5.41 Å². The van der Waals surface area contributed by atoms with Gasteiger partial charge in [-0.3, -0.25) is 9.59 Å². The zero-order valence-electron chi connectivity index (χ0n) is 9.69. The molecule has 0 spiro atoms. The number of carboxylic acid groups (broad SMARTS) is 1. The smallest absolute Gasteiger partial charge is 0.319 e. The lowest BCUT2D eigenvalue weighted by atomic mass is 9.68. The fourth-order valence-electron chi connectivity index (χ4n) is 2.02. The average Bonchev–Trinajstić information content (AvgIpc) is 2.19. The maximum Gasteiger partial charge on any atom is 0.319 e. The van der Waals surface area contributed by atoms with E-state index in [1.54, 1.807) is 6.07 Å². The lowest BCUT2D eigenvalue weighted by Gasteiger charge is -2.35. The zero-order chi connectivity index (χ0) is 12.5. The van der Waals surface area contributed by atoms with E-state index in [1.807, 2.05) is 25.1 Å². The number of para-hydroxylation sites is 1. The van der Waals surface area contributed by atoms with Gasteiger partial charge in [0.15, 0.2) is 0 Å². The quantitative estimate of drug-likeness (QED) is 0.786. The van der Waals surface area contributed by atoms with E-state index in [1.165, 1.54) is 0 Å². The van der Waals surface area contributed by atoms with Crippen LogP contribution in [0.3, 0.4) is 0 Å². The highest BCUT2D eigenvalue weighted by atomic mass is 16.4. The lowest BCUT2D eigenvalue weighted by Crippen LogP contribution is -2.48. The van der Waals surface area contributed by atoms with E-state index in [4.69, 9.17) is 5.11 Å². The zero-order valence-corrected chi connectivity index (χ0v) is 9.69. The Hall–Kier alpha value is -1.84. The number of carbonyl (C=O) groups excluding carboxylic acids is 1. The van der Waals surface area contributed by atoms with E-state index in [0.29, 0.717) is 18.5 Å². The number of aliphatic carboxylic acids is 1. The van der Waals surface area contributed by atoms with Crippen LogP contribution in [0.1, 0.15) is 24.8 Å². The predicted molar refractivity (Wildman–Crippen MR) is 63.7 cm³/mol. The van der Waals surface area contributed by atoms with Crippen LogP contribution in [0.15, 0.2) is 24.3 Å². The maximum absolute atomic E-state index is 12.0. The molecule has 1 amide bonds. The minimum atomic E-state index is -1.21. The van der Waals surface area contributed by atoms with Crippen LogP contribution in [0.2, 0.25) is 0 Å². The highest BCUT2D eigenvalue weighted by molar-refractivity contribution is 6.09. The van der Waals surface area contributed by atoms with Crippen molar-refractivity contribution in [1.82, 2.24) is 0 Å². The van der Waals surface area contributed by atoms with Gasteiger partial charge in [-0.2, -0.15) is 0 Å². The molecule has 1 aromatic rings. The minimum absolute atomic E-state index is 0.398. The van der Waals surface area contributed by atoms with Gasteiger partial charge >= 0.3 is 5.97 Å². The van der Waals surface area contributed by atoms with Crippen LogP contribution in [-0.2, 0) is 9.59 Å². The molecule has 1 saturated carbocycles. The molecule has 4 nitrogen and oxygen atoms in total. The molecule has 4 heteroatoms. The van der Waals surface area contributed by atoms with Crippen LogP contribution in [0.25, 0.3) is 0 Å². The van der Waals surface area contributed by atoms with Gasteiger partial charge in [-0.15, -0.1) is 0 Å². The van der Waals surface area contributed by atoms with E-state index >= 15 is 0 Å². The number of amides is 1. The van der Waals surface area contributed by atoms with Gasteiger partial charge < -0.3 is 10.4 Å². The second-order valence-corrected chi connectivity index (χ2v) is 4.51. The molecule has 0 heterocycles. The Bertz CT molecular complexity index is 463. The van der Waals surface area contributed by atoms with Crippen LogP contribution in [0, 0.1) is 12.3 Å². The number of hydrogen-bond acceptors (Lipinski definition) is 2. The largest absolute Gasteiger partial charge is 0.480 e. The Labute approximate surface area is 99.6 Å². The summed E-state index contributed by atoms with van der Waals surface area (Å²) < 4.78 is 0. The number of anilines is 1. The summed E-state index contributed by atoms with van der Waals surface area (Å²) >= 11 is 0. The topological polar surface area (TPSA) is 66.4 Å². The van der Waals surface area contributed by atoms with Crippen LogP contribution in [-0.4, -0.2) is 17.0 Å². The fraction of sp³-hybridized carbons (Fsp3) is 0.385. The molecule has 1 aliphatic rings. The molecule has 0 unspecified atom stereocenters. The van der Waals surface area contributed by atoms with Crippen LogP contribution >= 0.6 is 0 Å². The summed E-state index contributed by atoms with van der Waals surface area (Å²) in [7, 11) is 0. The van der Waals surface area contributed by atoms with E-state index in [0.717, 1.165) is 12.0 Å². The van der Waals surface area contributed by atoms with Gasteiger partial charge in [0.05, 0.1) is 0 Å². The second kappa shape index (κ2) is 4.20. The van der Waals surface area contributed by atoms with Gasteiger partial charge in [0.2, 0.25) is 5.91 Å². The van der Waals surface area contributed by atoms with E-state index in [2.05, 4.69) is 5.32 Å². The van der Waals surface area contributed by atoms with Crippen molar-refractivity contribution in [2.75, 3.05) is 5.32 Å². The lowest BCUT2D eigenvalue weighted by molar-refractivity contribution is -0.159. The fourth-order valence-corrected chi connectivity index (χ4v) is 2.02. The number of aryl methyl sites for hydroxylation is 1. The molecule has 0 radical (unpaired) electrons. The van der Waals surface area contributed by atoms with Crippen molar-refractivity contribution >= 4 is 17.6 Å². The van der Waals surface area contributed by atoms with Crippen molar-refractivity contribution in [3.63, 3.8) is 0 Å². The molecule has 0 bridgehead atoms. The first-order valence-electron chi connectivity index (χ1n) is 5.67. The Kier molecular flexibility index (Phi) is 2.88. The molecule has 0 aromatic heterocycles. The van der Waals surface area contributed by atoms with E-state index < -0.39 is 17.3 Å². The van der Waals surface area contributed by atoms with Crippen molar-refractivity contribution in [2.45, 2.75) is 26.2 Å². The summed E-state index contributed by atoms with van der Waals surface area (Å²) in [5, 5.41) is 11.9. The predicted octanol–water partition coefficient (Wildman–Crippen LogP) is 2.19. The van der Waals surface area contributed by atoms with Crippen molar-refractivity contribution in [3.05, 3.63) is 29.8 Å². The summed E-state index contributed by atoms with van der Waals surface area (Å²) in [6.45, 7) is 1.88. The van der Waals surface area contributed by atoms with E-state index in [-0.39, 0.29) is 0 Å². The number of benzene rings is 1. The molecular weight excluding hydrogens is 218 g/mol. The Morgan fingerprint density at radius 3 is 2.41 bits per heavy atom. The molecule has 2 rings (SSSR count). The molecule has 1 aliphatic carbocycles. The number of hydrogen-bond donors (Lipinski definition) is 2. The monoisotopic (exact) mass is 233 g/mol. The molecule has 1 fully saturated rings. The summed E-state index contributed by atoms with van der Waals surface area (Å²) in [6.07, 6.45) is 1.66. The maximum atomic E-state index is 12.0. The molecule has 0 aliphatic heterocycles. The van der Waals surface area contributed by atoms with Crippen molar-refractivity contribution in [2.24, 2.45) is 5.41 Å². The SMILES string of the molecule is Cc1ccccc1NC(=O)C1(C(=O)O)CCC1. The number of carbonyl (C=O) groups is 2. The Balaban J connectivity index is 2.17. The number of rotatable bonds is 3. The number of carboxylic acids is 1. The summed E-state index contributed by atoms with van der Waals surface area (Å²) in [5.74, 6) is -1.42. The normalized spacial score (nSPS) is 17.0. The summed E-state index contributed by atoms with van der Waals surface area (Å²) in [5.41, 5.74) is 0.410. The van der Waals surface area contributed by atoms with Crippen LogP contribution in [0.4, 0.5) is 5.69 Å². The molecule has 1 aromatic carbocycles. The summed E-state index contributed by atoms with van der Waals surface area (Å²) in [6, 6.07) is 7.35. The highest BCUT2D eigenvalue weighted by Crippen LogP contribution is 2.42. The van der Waals surface area contributed by atoms with Gasteiger partial charge in [-0.25, -0.2) is 0 Å². The third-order valence-electron chi connectivity index (χ3n) is 3.44. The second-order valence-electron chi connectivity index (χ2n) is 4.51. The average molecular weight is 233 g/mol. The number of nitrogens with one attached hydrogen (secondary N) is 1. The van der Waals surface area contributed by atoms with Crippen molar-refractivity contribution in [3.8, 4) is 0 Å². The van der Waals surface area contributed by atoms with Crippen molar-refractivity contribution in [1.29, 1.82) is 0 Å². The van der Waals surface area contributed by atoms with Gasteiger partial charge in [-0.05, 0) is 31.4 Å². The van der Waals surface area contributed by atoms with Gasteiger partial charge in [-0.1, -0.05) is 24.6 Å². The van der Waals surface area contributed by atoms with Crippen molar-refractivity contribution < 1.29 is 14.7 Å². The summed E-state index contributed by atoms with van der Waals surface area (Å²) in [4.78, 5) is 23.2. The first-order chi connectivity index (χ1) is 8.06. The molecule has 90 valence electrons. The molecule has 17 heavy (non-hydrogen) atoms. The van der Waals surface area contributed by atoms with E-state index in [9.17, 15) is 9.59 Å². The first-order valence-corrected chi connectivity index (χ1v) is 5.67. The highest BCUT2D eigenvalue weighted by Gasteiger charge is 2.51. The first kappa shape index (κ1) is 11.6.